The van der Waals surface area contributed by atoms with Gasteiger partial charge in [0.2, 0.25) is 5.91 Å². The minimum Gasteiger partial charge on any atom is -0.495 e. The molecule has 0 aliphatic carbocycles. The maximum absolute atomic E-state index is 11.7. The Kier molecular flexibility index (Phi) is 4.31. The monoisotopic (exact) mass is 251 g/mol. The number of nitrogens with one attached hydrogen (secondary N) is 1. The van der Waals surface area contributed by atoms with Gasteiger partial charge in [0.15, 0.2) is 0 Å². The number of ether oxygens (including phenoxy) is 1. The van der Waals surface area contributed by atoms with E-state index >= 15 is 0 Å². The van der Waals surface area contributed by atoms with Crippen molar-refractivity contribution in [2.75, 3.05) is 12.4 Å². The number of carbonyl (C=O) groups is 2. The van der Waals surface area contributed by atoms with Crippen LogP contribution in [0.25, 0.3) is 0 Å². The molecule has 5 nitrogen and oxygen atoms in total. The first-order valence-electron chi connectivity index (χ1n) is 5.55. The molecule has 0 saturated carbocycles. The number of carboxylic acid groups (broad SMARTS) is 1. The molecule has 1 rings (SSSR count). The van der Waals surface area contributed by atoms with E-state index in [9.17, 15) is 9.59 Å². The van der Waals surface area contributed by atoms with E-state index in [1.165, 1.54) is 14.0 Å². The number of amides is 1. The van der Waals surface area contributed by atoms with Gasteiger partial charge in [-0.1, -0.05) is 6.07 Å². The van der Waals surface area contributed by atoms with Crippen molar-refractivity contribution in [3.8, 4) is 5.75 Å². The van der Waals surface area contributed by atoms with E-state index in [1.807, 2.05) is 19.9 Å². The smallest absolute Gasteiger partial charge is 0.315 e. The molecule has 0 aliphatic heterocycles. The molecular formula is C13H17NO4. The molecule has 0 aromatic heterocycles. The van der Waals surface area contributed by atoms with Crippen molar-refractivity contribution in [1.82, 2.24) is 0 Å². The zero-order valence-corrected chi connectivity index (χ0v) is 10.9. The standard InChI is InChI=1S/C13H17NO4/c1-7-5-8(2)11(10(6-7)18-4)14-12(15)9(3)13(16)17/h5-6,9H,1-4H3,(H,14,15)(H,16,17). The Morgan fingerprint density at radius 2 is 1.94 bits per heavy atom. The average molecular weight is 251 g/mol. The highest BCUT2D eigenvalue weighted by Gasteiger charge is 2.22. The Bertz CT molecular complexity index is 482. The summed E-state index contributed by atoms with van der Waals surface area (Å²) in [6.07, 6.45) is 0. The maximum atomic E-state index is 11.7. The summed E-state index contributed by atoms with van der Waals surface area (Å²) in [5.41, 5.74) is 2.35. The van der Waals surface area contributed by atoms with E-state index in [0.717, 1.165) is 11.1 Å². The Morgan fingerprint density at radius 3 is 2.44 bits per heavy atom. The lowest BCUT2D eigenvalue weighted by molar-refractivity contribution is -0.144. The van der Waals surface area contributed by atoms with Crippen LogP contribution in [0.3, 0.4) is 0 Å². The number of anilines is 1. The van der Waals surface area contributed by atoms with E-state index in [1.54, 1.807) is 6.07 Å². The number of aryl methyl sites for hydroxylation is 2. The van der Waals surface area contributed by atoms with Gasteiger partial charge in [-0.25, -0.2) is 0 Å². The van der Waals surface area contributed by atoms with Crippen LogP contribution in [0.2, 0.25) is 0 Å². The van der Waals surface area contributed by atoms with Crippen molar-refractivity contribution in [3.05, 3.63) is 23.3 Å². The molecule has 5 heteroatoms. The van der Waals surface area contributed by atoms with E-state index in [2.05, 4.69) is 5.32 Å². The predicted octanol–water partition coefficient (Wildman–Crippen LogP) is 1.97. The molecule has 18 heavy (non-hydrogen) atoms. The van der Waals surface area contributed by atoms with Crippen molar-refractivity contribution in [2.24, 2.45) is 5.92 Å². The third-order valence-corrected chi connectivity index (χ3v) is 2.68. The highest BCUT2D eigenvalue weighted by Crippen LogP contribution is 2.30. The quantitative estimate of drug-likeness (QED) is 0.802. The molecule has 0 aliphatic rings. The topological polar surface area (TPSA) is 75.6 Å². The van der Waals surface area contributed by atoms with Gasteiger partial charge in [-0.2, -0.15) is 0 Å². The molecule has 1 amide bonds. The predicted molar refractivity (Wildman–Crippen MR) is 67.9 cm³/mol. The highest BCUT2D eigenvalue weighted by molar-refractivity contribution is 6.04. The molecule has 1 aromatic carbocycles. The zero-order valence-electron chi connectivity index (χ0n) is 10.9. The number of carbonyl (C=O) groups excluding carboxylic acids is 1. The fourth-order valence-corrected chi connectivity index (χ4v) is 1.59. The summed E-state index contributed by atoms with van der Waals surface area (Å²) in [6, 6.07) is 3.68. The SMILES string of the molecule is COc1cc(C)cc(C)c1NC(=O)C(C)C(=O)O. The van der Waals surface area contributed by atoms with E-state index < -0.39 is 17.8 Å². The third-order valence-electron chi connectivity index (χ3n) is 2.68. The molecule has 0 bridgehead atoms. The number of aliphatic carboxylic acids is 1. The fraction of sp³-hybridized carbons (Fsp3) is 0.385. The van der Waals surface area contributed by atoms with Crippen LogP contribution < -0.4 is 10.1 Å². The number of hydrogen-bond acceptors (Lipinski definition) is 3. The van der Waals surface area contributed by atoms with Gasteiger partial charge in [0.25, 0.3) is 0 Å². The molecule has 1 atom stereocenters. The summed E-state index contributed by atoms with van der Waals surface area (Å²) < 4.78 is 5.19. The van der Waals surface area contributed by atoms with Gasteiger partial charge >= 0.3 is 5.97 Å². The number of carboxylic acids is 1. The molecule has 0 heterocycles. The second kappa shape index (κ2) is 5.53. The van der Waals surface area contributed by atoms with Crippen LogP contribution in [-0.2, 0) is 9.59 Å². The minimum absolute atomic E-state index is 0.515. The van der Waals surface area contributed by atoms with Crippen LogP contribution >= 0.6 is 0 Å². The lowest BCUT2D eigenvalue weighted by Crippen LogP contribution is -2.27. The second-order valence-electron chi connectivity index (χ2n) is 4.21. The van der Waals surface area contributed by atoms with Crippen molar-refractivity contribution < 1.29 is 19.4 Å². The normalized spacial score (nSPS) is 11.8. The van der Waals surface area contributed by atoms with E-state index in [0.29, 0.717) is 11.4 Å². The van der Waals surface area contributed by atoms with Gasteiger partial charge in [-0.05, 0) is 38.0 Å². The third kappa shape index (κ3) is 3.00. The highest BCUT2D eigenvalue weighted by atomic mass is 16.5. The fourth-order valence-electron chi connectivity index (χ4n) is 1.59. The van der Waals surface area contributed by atoms with Crippen LogP contribution in [0.15, 0.2) is 12.1 Å². The lowest BCUT2D eigenvalue weighted by atomic mass is 10.1. The van der Waals surface area contributed by atoms with E-state index in [-0.39, 0.29) is 0 Å². The van der Waals surface area contributed by atoms with Crippen molar-refractivity contribution in [2.45, 2.75) is 20.8 Å². The van der Waals surface area contributed by atoms with Gasteiger partial charge in [0.1, 0.15) is 11.7 Å². The molecule has 2 N–H and O–H groups in total. The van der Waals surface area contributed by atoms with Crippen molar-refractivity contribution in [1.29, 1.82) is 0 Å². The summed E-state index contributed by atoms with van der Waals surface area (Å²) in [5.74, 6) is -2.29. The molecule has 0 saturated heterocycles. The van der Waals surface area contributed by atoms with Crippen LogP contribution in [0.1, 0.15) is 18.1 Å². The Morgan fingerprint density at radius 1 is 1.33 bits per heavy atom. The molecule has 98 valence electrons. The van der Waals surface area contributed by atoms with Gasteiger partial charge < -0.3 is 15.2 Å². The largest absolute Gasteiger partial charge is 0.495 e. The zero-order chi connectivity index (χ0) is 13.9. The number of hydrogen-bond donors (Lipinski definition) is 2. The van der Waals surface area contributed by atoms with Crippen LogP contribution in [0.4, 0.5) is 5.69 Å². The van der Waals surface area contributed by atoms with Crippen LogP contribution in [0, 0.1) is 19.8 Å². The second-order valence-corrected chi connectivity index (χ2v) is 4.21. The van der Waals surface area contributed by atoms with Crippen LogP contribution in [0.5, 0.6) is 5.75 Å². The first-order chi connectivity index (χ1) is 8.36. The number of methoxy groups -OCH3 is 1. The van der Waals surface area contributed by atoms with E-state index in [4.69, 9.17) is 9.84 Å². The minimum atomic E-state index is -1.16. The van der Waals surface area contributed by atoms with Gasteiger partial charge in [-0.15, -0.1) is 0 Å². The summed E-state index contributed by atoms with van der Waals surface area (Å²) >= 11 is 0. The summed E-state index contributed by atoms with van der Waals surface area (Å²) in [6.45, 7) is 5.09. The molecule has 0 radical (unpaired) electrons. The first kappa shape index (κ1) is 14.0. The first-order valence-corrected chi connectivity index (χ1v) is 5.55. The Labute approximate surface area is 106 Å². The molecule has 0 spiro atoms. The summed E-state index contributed by atoms with van der Waals surface area (Å²) in [7, 11) is 1.50. The number of benzene rings is 1. The van der Waals surface area contributed by atoms with Gasteiger partial charge in [0.05, 0.1) is 12.8 Å². The Balaban J connectivity index is 3.04. The maximum Gasteiger partial charge on any atom is 0.315 e. The molecular weight excluding hydrogens is 234 g/mol. The molecule has 1 unspecified atom stereocenters. The van der Waals surface area contributed by atoms with Crippen LogP contribution in [-0.4, -0.2) is 24.1 Å². The molecule has 1 aromatic rings. The number of rotatable bonds is 4. The summed E-state index contributed by atoms with van der Waals surface area (Å²) in [4.78, 5) is 22.4. The van der Waals surface area contributed by atoms with Crippen molar-refractivity contribution in [3.63, 3.8) is 0 Å². The Hall–Kier alpha value is -2.04. The van der Waals surface area contributed by atoms with Gasteiger partial charge in [-0.3, -0.25) is 9.59 Å². The van der Waals surface area contributed by atoms with Crippen molar-refractivity contribution >= 4 is 17.6 Å². The summed E-state index contributed by atoms with van der Waals surface area (Å²) in [5, 5.41) is 11.4. The average Bonchev–Trinajstić information content (AvgIpc) is 2.30. The van der Waals surface area contributed by atoms with Gasteiger partial charge in [0, 0.05) is 0 Å². The molecule has 0 fully saturated rings. The lowest BCUT2D eigenvalue weighted by Gasteiger charge is -2.15.